The Morgan fingerprint density at radius 2 is 1.77 bits per heavy atom. The van der Waals surface area contributed by atoms with Gasteiger partial charge in [0, 0.05) is 0 Å². The Bertz CT molecular complexity index is 680. The molecule has 0 bridgehead atoms. The number of methoxy groups -OCH3 is 1. The van der Waals surface area contributed by atoms with E-state index in [1.807, 2.05) is 49.4 Å². The van der Waals surface area contributed by atoms with E-state index in [1.165, 1.54) is 14.2 Å². The molecular weight excluding hydrogens is 282 g/mol. The number of para-hydroxylation sites is 1. The average molecular weight is 299 g/mol. The van der Waals surface area contributed by atoms with Crippen LogP contribution in [-0.4, -0.2) is 25.9 Å². The lowest BCUT2D eigenvalue weighted by Crippen LogP contribution is -2.18. The normalized spacial score (nSPS) is 11.0. The standard InChI is InChI=1S/C17H17NO4/c1-12-9-10-14(16(18-21-3)17(19)20-2)15(11-12)22-13-7-5-4-6-8-13/h4-11H,1-3H3/b18-16+. The lowest BCUT2D eigenvalue weighted by molar-refractivity contribution is -0.132. The third-order valence-corrected chi connectivity index (χ3v) is 2.92. The van der Waals surface area contributed by atoms with Gasteiger partial charge >= 0.3 is 5.97 Å². The Morgan fingerprint density at radius 3 is 2.41 bits per heavy atom. The monoisotopic (exact) mass is 299 g/mol. The lowest BCUT2D eigenvalue weighted by Gasteiger charge is -2.12. The smallest absolute Gasteiger partial charge is 0.360 e. The number of esters is 1. The first-order chi connectivity index (χ1) is 10.7. The van der Waals surface area contributed by atoms with E-state index in [-0.39, 0.29) is 5.71 Å². The van der Waals surface area contributed by atoms with Gasteiger partial charge in [0.25, 0.3) is 0 Å². The maximum atomic E-state index is 11.9. The number of benzene rings is 2. The first kappa shape index (κ1) is 15.6. The highest BCUT2D eigenvalue weighted by Crippen LogP contribution is 2.27. The molecule has 2 aromatic rings. The van der Waals surface area contributed by atoms with Crippen molar-refractivity contribution < 1.29 is 19.1 Å². The zero-order valence-corrected chi connectivity index (χ0v) is 12.7. The molecule has 0 saturated heterocycles. The van der Waals surface area contributed by atoms with E-state index < -0.39 is 5.97 Å². The number of aryl methyl sites for hydroxylation is 1. The molecule has 0 atom stereocenters. The van der Waals surface area contributed by atoms with E-state index in [1.54, 1.807) is 6.07 Å². The first-order valence-electron chi connectivity index (χ1n) is 6.69. The first-order valence-corrected chi connectivity index (χ1v) is 6.69. The van der Waals surface area contributed by atoms with Crippen LogP contribution in [-0.2, 0) is 14.4 Å². The van der Waals surface area contributed by atoms with Gasteiger partial charge in [-0.25, -0.2) is 4.79 Å². The molecule has 0 N–H and O–H groups in total. The van der Waals surface area contributed by atoms with E-state index in [9.17, 15) is 4.79 Å². The van der Waals surface area contributed by atoms with Gasteiger partial charge in [-0.3, -0.25) is 0 Å². The van der Waals surface area contributed by atoms with Gasteiger partial charge in [-0.15, -0.1) is 0 Å². The van der Waals surface area contributed by atoms with Crippen molar-refractivity contribution in [2.45, 2.75) is 6.92 Å². The van der Waals surface area contributed by atoms with Crippen LogP contribution in [0.1, 0.15) is 11.1 Å². The highest BCUT2D eigenvalue weighted by Gasteiger charge is 2.20. The van der Waals surface area contributed by atoms with E-state index in [0.29, 0.717) is 17.1 Å². The van der Waals surface area contributed by atoms with E-state index in [0.717, 1.165) is 5.56 Å². The van der Waals surface area contributed by atoms with Gasteiger partial charge in [-0.05, 0) is 36.8 Å². The highest BCUT2D eigenvalue weighted by atomic mass is 16.6. The topological polar surface area (TPSA) is 57.1 Å². The fraction of sp³-hybridized carbons (Fsp3) is 0.176. The van der Waals surface area contributed by atoms with E-state index >= 15 is 0 Å². The van der Waals surface area contributed by atoms with Crippen LogP contribution in [0.2, 0.25) is 0 Å². The maximum absolute atomic E-state index is 11.9. The Kier molecular flexibility index (Phi) is 5.14. The summed E-state index contributed by atoms with van der Waals surface area (Å²) in [5.41, 5.74) is 1.55. The van der Waals surface area contributed by atoms with Gasteiger partial charge in [0.1, 0.15) is 18.6 Å². The number of hydrogen-bond donors (Lipinski definition) is 0. The number of rotatable bonds is 5. The van der Waals surface area contributed by atoms with E-state index in [4.69, 9.17) is 14.3 Å². The van der Waals surface area contributed by atoms with Crippen LogP contribution in [0, 0.1) is 6.92 Å². The van der Waals surface area contributed by atoms with Crippen LogP contribution in [0.4, 0.5) is 0 Å². The van der Waals surface area contributed by atoms with Gasteiger partial charge in [0.05, 0.1) is 12.7 Å². The van der Waals surface area contributed by atoms with Crippen molar-refractivity contribution >= 4 is 11.7 Å². The molecule has 0 fully saturated rings. The second-order valence-electron chi connectivity index (χ2n) is 4.53. The molecule has 0 saturated carbocycles. The summed E-state index contributed by atoms with van der Waals surface area (Å²) < 4.78 is 10.6. The van der Waals surface area contributed by atoms with Crippen molar-refractivity contribution in [2.75, 3.05) is 14.2 Å². The highest BCUT2D eigenvalue weighted by molar-refractivity contribution is 6.43. The largest absolute Gasteiger partial charge is 0.464 e. The molecule has 2 aromatic carbocycles. The molecule has 5 heteroatoms. The molecule has 2 rings (SSSR count). The van der Waals surface area contributed by atoms with Gasteiger partial charge in [-0.2, -0.15) is 0 Å². The number of carbonyl (C=O) groups is 1. The summed E-state index contributed by atoms with van der Waals surface area (Å²) in [6.07, 6.45) is 0. The summed E-state index contributed by atoms with van der Waals surface area (Å²) >= 11 is 0. The summed E-state index contributed by atoms with van der Waals surface area (Å²) in [7, 11) is 2.66. The minimum absolute atomic E-state index is 0.0518. The van der Waals surface area contributed by atoms with Gasteiger partial charge in [-0.1, -0.05) is 29.4 Å². The average Bonchev–Trinajstić information content (AvgIpc) is 2.54. The molecule has 0 aliphatic carbocycles. The van der Waals surface area contributed by atoms with Crippen LogP contribution in [0.5, 0.6) is 11.5 Å². The van der Waals surface area contributed by atoms with Crippen LogP contribution < -0.4 is 4.74 Å². The predicted octanol–water partition coefficient (Wildman–Crippen LogP) is 3.31. The Balaban J connectivity index is 2.47. The Morgan fingerprint density at radius 1 is 1.05 bits per heavy atom. The van der Waals surface area contributed by atoms with Gasteiger partial charge in [0.2, 0.25) is 0 Å². The second kappa shape index (κ2) is 7.26. The SMILES string of the molecule is CO/N=C(/C(=O)OC)c1ccc(C)cc1Oc1ccccc1. The Hall–Kier alpha value is -2.82. The lowest BCUT2D eigenvalue weighted by atomic mass is 10.1. The summed E-state index contributed by atoms with van der Waals surface area (Å²) in [4.78, 5) is 16.7. The van der Waals surface area contributed by atoms with Crippen LogP contribution in [0.15, 0.2) is 53.7 Å². The molecule has 0 radical (unpaired) electrons. The molecule has 0 aliphatic rings. The number of oxime groups is 1. The van der Waals surface area contributed by atoms with E-state index in [2.05, 4.69) is 5.16 Å². The zero-order valence-electron chi connectivity index (χ0n) is 12.7. The van der Waals surface area contributed by atoms with Gasteiger partial charge in [0.15, 0.2) is 5.71 Å². The third-order valence-electron chi connectivity index (χ3n) is 2.92. The van der Waals surface area contributed by atoms with Crippen LogP contribution in [0.25, 0.3) is 0 Å². The molecule has 5 nitrogen and oxygen atoms in total. The fourth-order valence-corrected chi connectivity index (χ4v) is 1.91. The number of ether oxygens (including phenoxy) is 2. The number of carbonyl (C=O) groups excluding carboxylic acids is 1. The van der Waals surface area contributed by atoms with Crippen LogP contribution >= 0.6 is 0 Å². The van der Waals surface area contributed by atoms with Crippen molar-refractivity contribution in [1.82, 2.24) is 0 Å². The van der Waals surface area contributed by atoms with Crippen molar-refractivity contribution in [3.8, 4) is 11.5 Å². The molecule has 0 heterocycles. The summed E-state index contributed by atoms with van der Waals surface area (Å²) in [6, 6.07) is 14.7. The van der Waals surface area contributed by atoms with Crippen molar-refractivity contribution in [3.05, 3.63) is 59.7 Å². The Labute approximate surface area is 129 Å². The number of hydrogen-bond acceptors (Lipinski definition) is 5. The molecule has 114 valence electrons. The molecule has 0 aliphatic heterocycles. The second-order valence-corrected chi connectivity index (χ2v) is 4.53. The maximum Gasteiger partial charge on any atom is 0.360 e. The third kappa shape index (κ3) is 3.63. The minimum Gasteiger partial charge on any atom is -0.464 e. The van der Waals surface area contributed by atoms with Crippen molar-refractivity contribution in [3.63, 3.8) is 0 Å². The van der Waals surface area contributed by atoms with Gasteiger partial charge < -0.3 is 14.3 Å². The zero-order chi connectivity index (χ0) is 15.9. The minimum atomic E-state index is -0.594. The fourth-order valence-electron chi connectivity index (χ4n) is 1.91. The van der Waals surface area contributed by atoms with Crippen molar-refractivity contribution in [2.24, 2.45) is 5.16 Å². The molecule has 22 heavy (non-hydrogen) atoms. The summed E-state index contributed by atoms with van der Waals surface area (Å²) in [6.45, 7) is 1.94. The predicted molar refractivity (Wildman–Crippen MR) is 83.3 cm³/mol. The summed E-state index contributed by atoms with van der Waals surface area (Å²) in [5, 5.41) is 3.76. The molecule has 0 amide bonds. The molecule has 0 unspecified atom stereocenters. The summed E-state index contributed by atoms with van der Waals surface area (Å²) in [5.74, 6) is 0.576. The van der Waals surface area contributed by atoms with Crippen LogP contribution in [0.3, 0.4) is 0 Å². The molecule has 0 spiro atoms. The molecular formula is C17H17NO4. The quantitative estimate of drug-likeness (QED) is 0.483. The number of nitrogens with zero attached hydrogens (tertiary/aromatic N) is 1. The molecule has 0 aromatic heterocycles. The van der Waals surface area contributed by atoms with Crippen molar-refractivity contribution in [1.29, 1.82) is 0 Å².